The molecule has 2 heterocycles. The summed E-state index contributed by atoms with van der Waals surface area (Å²) in [4.78, 5) is 32.3. The Morgan fingerprint density at radius 3 is 2.08 bits per heavy atom. The van der Waals surface area contributed by atoms with Crippen LogP contribution in [0.1, 0.15) is 15.9 Å². The summed E-state index contributed by atoms with van der Waals surface area (Å²) in [6.45, 7) is 0. The third kappa shape index (κ3) is 6.28. The number of anilines is 4. The zero-order chi connectivity index (χ0) is 27.8. The van der Waals surface area contributed by atoms with E-state index >= 15 is 0 Å². The fourth-order valence-electron chi connectivity index (χ4n) is 3.71. The fourth-order valence-corrected chi connectivity index (χ4v) is 3.71. The highest BCUT2D eigenvalue weighted by molar-refractivity contribution is 6.10. The van der Waals surface area contributed by atoms with Crippen molar-refractivity contribution in [1.82, 2.24) is 9.97 Å². The standard InChI is InChI=1S/C28H25N5O6/c1-37-24-16-20(17-25(38-2)26(24)39-3)32-28-22(7-5-15-30-28)23(34)13-8-18-6-4-14-29-27(18)31-19-9-11-21(12-10-19)33(35)36/h4-17H,1-3H3,(H,29,31)(H,30,32)/b13-8+. The van der Waals surface area contributed by atoms with Crippen molar-refractivity contribution in [1.29, 1.82) is 0 Å². The molecule has 4 aromatic rings. The second-order valence-corrected chi connectivity index (χ2v) is 8.01. The molecule has 2 aromatic carbocycles. The predicted octanol–water partition coefficient (Wildman–Crippen LogP) is 5.79. The maximum absolute atomic E-state index is 13.2. The molecule has 0 radical (unpaired) electrons. The second kappa shape index (κ2) is 12.2. The number of nitrogens with zero attached hydrogens (tertiary/aromatic N) is 3. The van der Waals surface area contributed by atoms with Gasteiger partial charge in [-0.2, -0.15) is 0 Å². The Kier molecular flexibility index (Phi) is 8.32. The molecular formula is C28H25N5O6. The van der Waals surface area contributed by atoms with E-state index in [4.69, 9.17) is 14.2 Å². The van der Waals surface area contributed by atoms with Crippen molar-refractivity contribution in [3.8, 4) is 17.2 Å². The van der Waals surface area contributed by atoms with E-state index in [1.165, 1.54) is 39.5 Å². The maximum Gasteiger partial charge on any atom is 0.269 e. The summed E-state index contributed by atoms with van der Waals surface area (Å²) in [5.74, 6) is 1.89. The third-order valence-electron chi connectivity index (χ3n) is 5.59. The lowest BCUT2D eigenvalue weighted by Crippen LogP contribution is -2.04. The van der Waals surface area contributed by atoms with Crippen molar-refractivity contribution < 1.29 is 23.9 Å². The first-order valence-electron chi connectivity index (χ1n) is 11.6. The predicted molar refractivity (Wildman–Crippen MR) is 148 cm³/mol. The Morgan fingerprint density at radius 1 is 0.846 bits per heavy atom. The number of aromatic nitrogens is 2. The number of hydrogen-bond donors (Lipinski definition) is 2. The summed E-state index contributed by atoms with van der Waals surface area (Å²) in [6, 6.07) is 16.3. The van der Waals surface area contributed by atoms with Gasteiger partial charge in [0, 0.05) is 53.6 Å². The summed E-state index contributed by atoms with van der Waals surface area (Å²) in [6.07, 6.45) is 6.25. The maximum atomic E-state index is 13.2. The number of benzene rings is 2. The molecule has 0 saturated carbocycles. The van der Waals surface area contributed by atoms with Crippen molar-refractivity contribution >= 4 is 40.6 Å². The number of non-ortho nitro benzene ring substituents is 1. The van der Waals surface area contributed by atoms with Crippen molar-refractivity contribution in [3.63, 3.8) is 0 Å². The molecule has 11 heteroatoms. The summed E-state index contributed by atoms with van der Waals surface area (Å²) < 4.78 is 16.2. The smallest absolute Gasteiger partial charge is 0.269 e. The minimum absolute atomic E-state index is 0.0142. The molecule has 0 saturated heterocycles. The number of nitro benzene ring substituents is 1. The molecule has 0 aliphatic carbocycles. The van der Waals surface area contributed by atoms with Crippen molar-refractivity contribution in [2.45, 2.75) is 0 Å². The first kappa shape index (κ1) is 26.6. The molecule has 0 fully saturated rings. The van der Waals surface area contributed by atoms with Gasteiger partial charge in [0.2, 0.25) is 5.75 Å². The molecule has 198 valence electrons. The summed E-state index contributed by atoms with van der Waals surface area (Å²) in [5.41, 5.74) is 2.18. The Balaban J connectivity index is 1.56. The van der Waals surface area contributed by atoms with Gasteiger partial charge in [-0.3, -0.25) is 14.9 Å². The average molecular weight is 528 g/mol. The van der Waals surface area contributed by atoms with Gasteiger partial charge < -0.3 is 24.8 Å². The molecule has 0 bridgehead atoms. The minimum atomic E-state index is -0.465. The molecule has 0 aliphatic rings. The van der Waals surface area contributed by atoms with Crippen LogP contribution in [0, 0.1) is 10.1 Å². The van der Waals surface area contributed by atoms with Crippen LogP contribution in [0.3, 0.4) is 0 Å². The van der Waals surface area contributed by atoms with Crippen molar-refractivity contribution in [2.24, 2.45) is 0 Å². The van der Waals surface area contributed by atoms with E-state index in [0.717, 1.165) is 0 Å². The molecule has 0 atom stereocenters. The Hall–Kier alpha value is -5.45. The first-order valence-corrected chi connectivity index (χ1v) is 11.6. The largest absolute Gasteiger partial charge is 0.493 e. The average Bonchev–Trinajstić information content (AvgIpc) is 2.96. The Morgan fingerprint density at radius 2 is 1.46 bits per heavy atom. The van der Waals surface area contributed by atoms with E-state index < -0.39 is 4.92 Å². The summed E-state index contributed by atoms with van der Waals surface area (Å²) >= 11 is 0. The zero-order valence-electron chi connectivity index (χ0n) is 21.4. The Bertz CT molecular complexity index is 1500. The van der Waals surface area contributed by atoms with E-state index in [1.54, 1.807) is 67.0 Å². The number of rotatable bonds is 11. The van der Waals surface area contributed by atoms with Crippen LogP contribution in [0.2, 0.25) is 0 Å². The van der Waals surface area contributed by atoms with Gasteiger partial charge in [-0.15, -0.1) is 0 Å². The van der Waals surface area contributed by atoms with Crippen LogP contribution in [-0.2, 0) is 0 Å². The number of ketones is 1. The summed E-state index contributed by atoms with van der Waals surface area (Å²) in [7, 11) is 4.56. The molecule has 2 N–H and O–H groups in total. The SMILES string of the molecule is COc1cc(Nc2ncccc2C(=O)/C=C/c2cccnc2Nc2ccc([N+](=O)[O-])cc2)cc(OC)c1OC. The lowest BCUT2D eigenvalue weighted by Gasteiger charge is -2.15. The highest BCUT2D eigenvalue weighted by atomic mass is 16.6. The normalized spacial score (nSPS) is 10.6. The number of ether oxygens (including phenoxy) is 3. The molecule has 11 nitrogen and oxygen atoms in total. The number of allylic oxidation sites excluding steroid dienone is 1. The van der Waals surface area contributed by atoms with Crippen LogP contribution < -0.4 is 24.8 Å². The monoisotopic (exact) mass is 527 g/mol. The van der Waals surface area contributed by atoms with Crippen LogP contribution >= 0.6 is 0 Å². The van der Waals surface area contributed by atoms with Gasteiger partial charge in [-0.1, -0.05) is 0 Å². The number of nitro groups is 1. The molecule has 39 heavy (non-hydrogen) atoms. The van der Waals surface area contributed by atoms with Gasteiger partial charge in [0.1, 0.15) is 11.6 Å². The topological polar surface area (TPSA) is 138 Å². The quantitative estimate of drug-likeness (QED) is 0.107. The first-order chi connectivity index (χ1) is 18.9. The van der Waals surface area contributed by atoms with Crippen LogP contribution in [0.15, 0.2) is 79.1 Å². The van der Waals surface area contributed by atoms with Gasteiger partial charge in [-0.05, 0) is 48.6 Å². The minimum Gasteiger partial charge on any atom is -0.493 e. The van der Waals surface area contributed by atoms with E-state index in [9.17, 15) is 14.9 Å². The van der Waals surface area contributed by atoms with E-state index in [-0.39, 0.29) is 11.5 Å². The number of methoxy groups -OCH3 is 3. The highest BCUT2D eigenvalue weighted by Gasteiger charge is 2.16. The number of pyridine rings is 2. The number of carbonyl (C=O) groups is 1. The fraction of sp³-hybridized carbons (Fsp3) is 0.107. The molecular weight excluding hydrogens is 502 g/mol. The summed E-state index contributed by atoms with van der Waals surface area (Å²) in [5, 5.41) is 17.2. The lowest BCUT2D eigenvalue weighted by molar-refractivity contribution is -0.384. The molecule has 0 amide bonds. The molecule has 0 spiro atoms. The number of carbonyl (C=O) groups excluding carboxylic acids is 1. The van der Waals surface area contributed by atoms with E-state index in [2.05, 4.69) is 20.6 Å². The van der Waals surface area contributed by atoms with Gasteiger partial charge in [0.25, 0.3) is 5.69 Å². The van der Waals surface area contributed by atoms with Crippen LogP contribution in [0.4, 0.5) is 28.7 Å². The van der Waals surface area contributed by atoms with Crippen molar-refractivity contribution in [2.75, 3.05) is 32.0 Å². The molecule has 4 rings (SSSR count). The Labute approximate surface area is 224 Å². The van der Waals surface area contributed by atoms with Gasteiger partial charge in [-0.25, -0.2) is 9.97 Å². The van der Waals surface area contributed by atoms with Gasteiger partial charge in [0.05, 0.1) is 31.8 Å². The number of hydrogen-bond acceptors (Lipinski definition) is 10. The number of nitrogens with one attached hydrogen (secondary N) is 2. The molecule has 0 unspecified atom stereocenters. The second-order valence-electron chi connectivity index (χ2n) is 8.01. The van der Waals surface area contributed by atoms with Crippen LogP contribution in [0.25, 0.3) is 6.08 Å². The molecule has 2 aromatic heterocycles. The van der Waals surface area contributed by atoms with Crippen molar-refractivity contribution in [3.05, 3.63) is 100 Å². The lowest BCUT2D eigenvalue weighted by atomic mass is 10.1. The van der Waals surface area contributed by atoms with Gasteiger partial charge >= 0.3 is 0 Å². The van der Waals surface area contributed by atoms with Crippen LogP contribution in [0.5, 0.6) is 17.2 Å². The van der Waals surface area contributed by atoms with Crippen LogP contribution in [-0.4, -0.2) is 42.0 Å². The van der Waals surface area contributed by atoms with E-state index in [0.29, 0.717) is 51.4 Å². The highest BCUT2D eigenvalue weighted by Crippen LogP contribution is 2.40. The molecule has 0 aliphatic heterocycles. The van der Waals surface area contributed by atoms with E-state index in [1.807, 2.05) is 0 Å². The van der Waals surface area contributed by atoms with Gasteiger partial charge in [0.15, 0.2) is 17.3 Å². The third-order valence-corrected chi connectivity index (χ3v) is 5.59. The zero-order valence-corrected chi connectivity index (χ0v) is 21.4.